The number of carbonyl (C=O) groups is 2. The van der Waals surface area contributed by atoms with Crippen molar-refractivity contribution in [2.45, 2.75) is 75.8 Å². The van der Waals surface area contributed by atoms with E-state index in [-0.39, 0.29) is 24.0 Å². The standard InChI is InChI=1S/C29H40F3N3O4/c1-38-25-10-14-34(15-11-25)26(36)23-6-2-22(3-7-23)19-35-20-28(39-27(35)37)12-16-33(17-13-28)18-21-4-8-24(9-5-21)29(30,31)32/h4-5,8-9,22-23,25H,2-3,6-7,10-20H2,1H3. The van der Waals surface area contributed by atoms with Crippen molar-refractivity contribution in [1.29, 1.82) is 0 Å². The van der Waals surface area contributed by atoms with E-state index in [2.05, 4.69) is 4.90 Å². The smallest absolute Gasteiger partial charge is 0.416 e. The van der Waals surface area contributed by atoms with Crippen LogP contribution in [0.5, 0.6) is 0 Å². The van der Waals surface area contributed by atoms with E-state index in [0.717, 1.165) is 95.2 Å². The van der Waals surface area contributed by atoms with E-state index in [4.69, 9.17) is 9.47 Å². The lowest BCUT2D eigenvalue weighted by atomic mass is 9.80. The summed E-state index contributed by atoms with van der Waals surface area (Å²) in [6.45, 7) is 4.87. The first-order valence-corrected chi connectivity index (χ1v) is 14.3. The Morgan fingerprint density at radius 3 is 2.23 bits per heavy atom. The Labute approximate surface area is 228 Å². The number of ether oxygens (including phenoxy) is 2. The number of methoxy groups -OCH3 is 1. The molecule has 216 valence electrons. The summed E-state index contributed by atoms with van der Waals surface area (Å²) in [7, 11) is 1.73. The second-order valence-corrected chi connectivity index (χ2v) is 11.9. The third-order valence-electron chi connectivity index (χ3n) is 9.26. The molecule has 10 heteroatoms. The average molecular weight is 552 g/mol. The number of nitrogens with zero attached hydrogens (tertiary/aromatic N) is 3. The van der Waals surface area contributed by atoms with E-state index in [1.165, 1.54) is 12.1 Å². The molecule has 3 saturated heterocycles. The number of piperidine rings is 2. The van der Waals surface area contributed by atoms with Crippen molar-refractivity contribution in [2.24, 2.45) is 11.8 Å². The Bertz CT molecular complexity index is 994. The molecule has 0 N–H and O–H groups in total. The molecule has 4 aliphatic rings. The van der Waals surface area contributed by atoms with Gasteiger partial charge in [0.2, 0.25) is 5.91 Å². The van der Waals surface area contributed by atoms with Crippen LogP contribution in [0, 0.1) is 11.8 Å². The minimum atomic E-state index is -4.33. The molecule has 1 aromatic rings. The predicted octanol–water partition coefficient (Wildman–Crippen LogP) is 4.94. The van der Waals surface area contributed by atoms with Gasteiger partial charge in [0, 0.05) is 65.1 Å². The number of alkyl halides is 3. The van der Waals surface area contributed by atoms with Gasteiger partial charge >= 0.3 is 12.3 Å². The number of rotatable bonds is 6. The second-order valence-electron chi connectivity index (χ2n) is 11.9. The summed E-state index contributed by atoms with van der Waals surface area (Å²) in [5.74, 6) is 0.757. The zero-order valence-electron chi connectivity index (χ0n) is 22.8. The van der Waals surface area contributed by atoms with Crippen LogP contribution in [0.1, 0.15) is 62.5 Å². The normalized spacial score (nSPS) is 26.7. The molecule has 1 saturated carbocycles. The van der Waals surface area contributed by atoms with Crippen molar-refractivity contribution in [1.82, 2.24) is 14.7 Å². The summed E-state index contributed by atoms with van der Waals surface area (Å²) < 4.78 is 49.8. The van der Waals surface area contributed by atoms with Gasteiger partial charge in [-0.25, -0.2) is 4.79 Å². The number of benzene rings is 1. The maximum Gasteiger partial charge on any atom is 0.416 e. The van der Waals surface area contributed by atoms with Gasteiger partial charge in [-0.2, -0.15) is 13.2 Å². The van der Waals surface area contributed by atoms with Gasteiger partial charge in [0.1, 0.15) is 5.60 Å². The molecule has 0 unspecified atom stereocenters. The maximum absolute atomic E-state index is 13.0. The lowest BCUT2D eigenvalue weighted by molar-refractivity contribution is -0.139. The molecule has 1 aliphatic carbocycles. The van der Waals surface area contributed by atoms with Gasteiger partial charge < -0.3 is 19.3 Å². The van der Waals surface area contributed by atoms with Gasteiger partial charge in [-0.15, -0.1) is 0 Å². The molecule has 39 heavy (non-hydrogen) atoms. The predicted molar refractivity (Wildman–Crippen MR) is 139 cm³/mol. The number of hydrogen-bond donors (Lipinski definition) is 0. The van der Waals surface area contributed by atoms with E-state index >= 15 is 0 Å². The van der Waals surface area contributed by atoms with E-state index in [1.54, 1.807) is 7.11 Å². The average Bonchev–Trinajstić information content (AvgIpc) is 3.24. The highest BCUT2D eigenvalue weighted by molar-refractivity contribution is 5.79. The summed E-state index contributed by atoms with van der Waals surface area (Å²) in [5.41, 5.74) is -0.267. The number of hydrogen-bond acceptors (Lipinski definition) is 5. The Morgan fingerprint density at radius 1 is 1.00 bits per heavy atom. The fourth-order valence-electron chi connectivity index (χ4n) is 6.74. The van der Waals surface area contributed by atoms with Crippen LogP contribution in [-0.4, -0.2) is 84.8 Å². The quantitative estimate of drug-likeness (QED) is 0.502. The van der Waals surface area contributed by atoms with Gasteiger partial charge in [0.05, 0.1) is 18.2 Å². The van der Waals surface area contributed by atoms with Crippen molar-refractivity contribution in [3.05, 3.63) is 35.4 Å². The Hall–Kier alpha value is -2.33. The summed E-state index contributed by atoms with van der Waals surface area (Å²) >= 11 is 0. The zero-order valence-corrected chi connectivity index (χ0v) is 22.8. The lowest BCUT2D eigenvalue weighted by Gasteiger charge is -2.38. The van der Waals surface area contributed by atoms with Crippen molar-refractivity contribution in [3.8, 4) is 0 Å². The topological polar surface area (TPSA) is 62.3 Å². The van der Waals surface area contributed by atoms with Crippen LogP contribution in [-0.2, 0) is 27.0 Å². The van der Waals surface area contributed by atoms with Crippen LogP contribution in [0.4, 0.5) is 18.0 Å². The fraction of sp³-hybridized carbons (Fsp3) is 0.724. The molecule has 0 aromatic heterocycles. The molecule has 4 fully saturated rings. The first kappa shape index (κ1) is 28.2. The van der Waals surface area contributed by atoms with Crippen LogP contribution in [0.15, 0.2) is 24.3 Å². The number of halogens is 3. The van der Waals surface area contributed by atoms with Crippen molar-refractivity contribution >= 4 is 12.0 Å². The first-order chi connectivity index (χ1) is 18.6. The third-order valence-corrected chi connectivity index (χ3v) is 9.26. The third kappa shape index (κ3) is 6.70. The lowest BCUT2D eigenvalue weighted by Crippen LogP contribution is -2.47. The fourth-order valence-corrected chi connectivity index (χ4v) is 6.74. The largest absolute Gasteiger partial charge is 0.441 e. The Morgan fingerprint density at radius 2 is 1.64 bits per heavy atom. The number of likely N-dealkylation sites (tertiary alicyclic amines) is 2. The molecular formula is C29H40F3N3O4. The molecular weight excluding hydrogens is 511 g/mol. The summed E-state index contributed by atoms with van der Waals surface area (Å²) in [4.78, 5) is 31.8. The number of carbonyl (C=O) groups excluding carboxylic acids is 2. The summed E-state index contributed by atoms with van der Waals surface area (Å²) in [6.07, 6.45) is 2.59. The van der Waals surface area contributed by atoms with Crippen LogP contribution in [0.25, 0.3) is 0 Å². The zero-order chi connectivity index (χ0) is 27.6. The van der Waals surface area contributed by atoms with Crippen LogP contribution in [0.3, 0.4) is 0 Å². The molecule has 7 nitrogen and oxygen atoms in total. The van der Waals surface area contributed by atoms with E-state index in [0.29, 0.717) is 25.6 Å². The van der Waals surface area contributed by atoms with Crippen LogP contribution in [0.2, 0.25) is 0 Å². The molecule has 3 aliphatic heterocycles. The van der Waals surface area contributed by atoms with Gasteiger partial charge in [-0.1, -0.05) is 12.1 Å². The Kier molecular flexibility index (Phi) is 8.42. The van der Waals surface area contributed by atoms with Gasteiger partial charge in [-0.05, 0) is 62.1 Å². The highest BCUT2D eigenvalue weighted by Gasteiger charge is 2.47. The van der Waals surface area contributed by atoms with Crippen LogP contribution >= 0.6 is 0 Å². The Balaban J connectivity index is 1.05. The maximum atomic E-state index is 13.0. The van der Waals surface area contributed by atoms with Gasteiger partial charge in [0.15, 0.2) is 0 Å². The van der Waals surface area contributed by atoms with Crippen molar-refractivity contribution in [2.75, 3.05) is 46.4 Å². The molecule has 1 aromatic carbocycles. The minimum absolute atomic E-state index is 0.0891. The van der Waals surface area contributed by atoms with Gasteiger partial charge in [0.25, 0.3) is 0 Å². The van der Waals surface area contributed by atoms with Gasteiger partial charge in [-0.3, -0.25) is 9.69 Å². The van der Waals surface area contributed by atoms with E-state index in [1.807, 2.05) is 9.80 Å². The molecule has 5 rings (SSSR count). The molecule has 0 bridgehead atoms. The van der Waals surface area contributed by atoms with Crippen molar-refractivity contribution in [3.63, 3.8) is 0 Å². The monoisotopic (exact) mass is 551 g/mol. The molecule has 3 heterocycles. The SMILES string of the molecule is COC1CCN(C(=O)C2CCC(CN3CC4(CCN(Cc5ccc(C(F)(F)F)cc5)CC4)OC3=O)CC2)CC1. The highest BCUT2D eigenvalue weighted by atomic mass is 19.4. The molecule has 0 radical (unpaired) electrons. The first-order valence-electron chi connectivity index (χ1n) is 14.3. The van der Waals surface area contributed by atoms with E-state index < -0.39 is 17.3 Å². The highest BCUT2D eigenvalue weighted by Crippen LogP contribution is 2.37. The summed E-state index contributed by atoms with van der Waals surface area (Å²) in [6, 6.07) is 5.34. The summed E-state index contributed by atoms with van der Waals surface area (Å²) in [5, 5.41) is 0. The molecule has 1 spiro atoms. The number of amides is 2. The molecule has 0 atom stereocenters. The van der Waals surface area contributed by atoms with Crippen molar-refractivity contribution < 1.29 is 32.2 Å². The van der Waals surface area contributed by atoms with E-state index in [9.17, 15) is 22.8 Å². The van der Waals surface area contributed by atoms with Crippen LogP contribution < -0.4 is 0 Å². The minimum Gasteiger partial charge on any atom is -0.441 e. The molecule has 2 amide bonds. The second kappa shape index (κ2) is 11.6.